The molecule has 2 rings (SSSR count). The molecule has 18 heavy (non-hydrogen) atoms. The molecule has 2 N–H and O–H groups in total. The Morgan fingerprint density at radius 3 is 3.00 bits per heavy atom. The van der Waals surface area contributed by atoms with Crippen molar-refractivity contribution in [2.75, 3.05) is 10.8 Å². The topological polar surface area (TPSA) is 58.7 Å². The van der Waals surface area contributed by atoms with Gasteiger partial charge in [-0.15, -0.1) is 11.6 Å². The van der Waals surface area contributed by atoms with Crippen LogP contribution in [0.3, 0.4) is 0 Å². The number of nitrogens with two attached hydrogens (primary N) is 1. The SMILES string of the molecule is CC1CCC(=O)N1c1cccc(N=C(N)CCl)c1. The van der Waals surface area contributed by atoms with Crippen LogP contribution >= 0.6 is 11.6 Å². The van der Waals surface area contributed by atoms with Crippen molar-refractivity contribution in [2.24, 2.45) is 10.7 Å². The monoisotopic (exact) mass is 265 g/mol. The number of amidine groups is 1. The van der Waals surface area contributed by atoms with Gasteiger partial charge in [0.1, 0.15) is 5.84 Å². The number of benzene rings is 1. The molecule has 1 aromatic carbocycles. The third-order valence-corrected chi connectivity index (χ3v) is 3.28. The average Bonchev–Trinajstić information content (AvgIpc) is 2.69. The van der Waals surface area contributed by atoms with Gasteiger partial charge >= 0.3 is 0 Å². The lowest BCUT2D eigenvalue weighted by Gasteiger charge is -2.21. The highest BCUT2D eigenvalue weighted by atomic mass is 35.5. The predicted octanol–water partition coefficient (Wildman–Crippen LogP) is 2.43. The molecule has 1 atom stereocenters. The van der Waals surface area contributed by atoms with Crippen molar-refractivity contribution < 1.29 is 4.79 Å². The summed E-state index contributed by atoms with van der Waals surface area (Å²) in [5.74, 6) is 0.729. The molecular weight excluding hydrogens is 250 g/mol. The highest BCUT2D eigenvalue weighted by Gasteiger charge is 2.28. The minimum Gasteiger partial charge on any atom is -0.386 e. The van der Waals surface area contributed by atoms with Crippen LogP contribution in [-0.2, 0) is 4.79 Å². The van der Waals surface area contributed by atoms with Crippen LogP contribution in [0.15, 0.2) is 29.3 Å². The lowest BCUT2D eigenvalue weighted by molar-refractivity contribution is -0.117. The number of hydrogen-bond acceptors (Lipinski definition) is 2. The Labute approximate surface area is 111 Å². The van der Waals surface area contributed by atoms with Crippen LogP contribution in [0, 0.1) is 0 Å². The number of hydrogen-bond donors (Lipinski definition) is 1. The molecule has 1 aromatic rings. The van der Waals surface area contributed by atoms with Gasteiger partial charge in [0.2, 0.25) is 5.91 Å². The maximum absolute atomic E-state index is 11.8. The number of carbonyl (C=O) groups excluding carboxylic acids is 1. The van der Waals surface area contributed by atoms with E-state index in [9.17, 15) is 4.79 Å². The van der Waals surface area contributed by atoms with E-state index in [-0.39, 0.29) is 17.8 Å². The van der Waals surface area contributed by atoms with E-state index in [1.807, 2.05) is 36.1 Å². The summed E-state index contributed by atoms with van der Waals surface area (Å²) >= 11 is 5.59. The van der Waals surface area contributed by atoms with Crippen molar-refractivity contribution in [3.63, 3.8) is 0 Å². The Morgan fingerprint density at radius 2 is 2.39 bits per heavy atom. The van der Waals surface area contributed by atoms with E-state index in [1.54, 1.807) is 0 Å². The summed E-state index contributed by atoms with van der Waals surface area (Å²) in [6.45, 7) is 2.05. The van der Waals surface area contributed by atoms with E-state index >= 15 is 0 Å². The fourth-order valence-corrected chi connectivity index (χ4v) is 2.19. The molecule has 0 radical (unpaired) electrons. The molecule has 1 heterocycles. The van der Waals surface area contributed by atoms with Crippen molar-refractivity contribution in [2.45, 2.75) is 25.8 Å². The molecule has 1 saturated heterocycles. The molecule has 5 heteroatoms. The number of alkyl halides is 1. The third kappa shape index (κ3) is 2.64. The van der Waals surface area contributed by atoms with Crippen LogP contribution < -0.4 is 10.6 Å². The summed E-state index contributed by atoms with van der Waals surface area (Å²) < 4.78 is 0. The second-order valence-corrected chi connectivity index (χ2v) is 4.68. The molecule has 0 bridgehead atoms. The molecule has 0 aromatic heterocycles. The average molecular weight is 266 g/mol. The van der Waals surface area contributed by atoms with Gasteiger partial charge in [-0.25, -0.2) is 4.99 Å². The molecule has 1 aliphatic rings. The molecule has 1 fully saturated rings. The fourth-order valence-electron chi connectivity index (χ4n) is 2.13. The van der Waals surface area contributed by atoms with Crippen molar-refractivity contribution in [3.8, 4) is 0 Å². The highest BCUT2D eigenvalue weighted by Crippen LogP contribution is 2.29. The molecule has 1 unspecified atom stereocenters. The quantitative estimate of drug-likeness (QED) is 0.518. The molecule has 1 aliphatic heterocycles. The van der Waals surface area contributed by atoms with Gasteiger partial charge in [-0.1, -0.05) is 6.07 Å². The summed E-state index contributed by atoms with van der Waals surface area (Å²) in [5.41, 5.74) is 7.19. The zero-order valence-electron chi connectivity index (χ0n) is 10.3. The van der Waals surface area contributed by atoms with Gasteiger partial charge in [-0.2, -0.15) is 0 Å². The number of nitrogens with zero attached hydrogens (tertiary/aromatic N) is 2. The smallest absolute Gasteiger partial charge is 0.227 e. The first-order chi connectivity index (χ1) is 8.61. The number of aliphatic imine (C=N–C) groups is 1. The minimum atomic E-state index is 0.161. The van der Waals surface area contributed by atoms with Gasteiger partial charge in [0, 0.05) is 18.2 Å². The number of anilines is 1. The molecule has 0 aliphatic carbocycles. The Balaban J connectivity index is 2.30. The van der Waals surface area contributed by atoms with Gasteiger partial charge in [0.15, 0.2) is 0 Å². The molecule has 0 spiro atoms. The molecule has 4 nitrogen and oxygen atoms in total. The van der Waals surface area contributed by atoms with E-state index in [2.05, 4.69) is 4.99 Å². The summed E-state index contributed by atoms with van der Waals surface area (Å²) in [6, 6.07) is 7.72. The standard InChI is InChI=1S/C13H16ClN3O/c1-9-5-6-13(18)17(9)11-4-2-3-10(7-11)16-12(15)8-14/h2-4,7,9H,5-6,8H2,1H3,(H2,15,16). The number of carbonyl (C=O) groups is 1. The largest absolute Gasteiger partial charge is 0.386 e. The molecular formula is C13H16ClN3O. The van der Waals surface area contributed by atoms with Crippen molar-refractivity contribution in [3.05, 3.63) is 24.3 Å². The second kappa shape index (κ2) is 5.40. The van der Waals surface area contributed by atoms with Crippen LogP contribution in [0.25, 0.3) is 0 Å². The molecule has 96 valence electrons. The zero-order valence-corrected chi connectivity index (χ0v) is 11.0. The van der Waals surface area contributed by atoms with Crippen LogP contribution in [0.5, 0.6) is 0 Å². The Kier molecular flexibility index (Phi) is 3.87. The Bertz CT molecular complexity index is 487. The third-order valence-electron chi connectivity index (χ3n) is 3.00. The summed E-state index contributed by atoms with van der Waals surface area (Å²) in [7, 11) is 0. The summed E-state index contributed by atoms with van der Waals surface area (Å²) in [6.07, 6.45) is 1.51. The van der Waals surface area contributed by atoms with Gasteiger partial charge in [-0.05, 0) is 31.5 Å². The van der Waals surface area contributed by atoms with Gasteiger partial charge < -0.3 is 10.6 Å². The van der Waals surface area contributed by atoms with E-state index in [1.165, 1.54) is 0 Å². The van der Waals surface area contributed by atoms with E-state index < -0.39 is 0 Å². The van der Waals surface area contributed by atoms with Gasteiger partial charge in [0.05, 0.1) is 11.6 Å². The predicted molar refractivity (Wildman–Crippen MR) is 74.6 cm³/mol. The first-order valence-corrected chi connectivity index (χ1v) is 6.46. The van der Waals surface area contributed by atoms with Crippen molar-refractivity contribution in [1.29, 1.82) is 0 Å². The molecule has 0 saturated carbocycles. The molecule has 1 amide bonds. The number of rotatable bonds is 3. The van der Waals surface area contributed by atoms with Crippen molar-refractivity contribution >= 4 is 34.7 Å². The van der Waals surface area contributed by atoms with Gasteiger partial charge in [0.25, 0.3) is 0 Å². The maximum Gasteiger partial charge on any atom is 0.227 e. The summed E-state index contributed by atoms with van der Waals surface area (Å²) in [4.78, 5) is 17.8. The zero-order chi connectivity index (χ0) is 13.1. The van der Waals surface area contributed by atoms with E-state index in [0.29, 0.717) is 12.3 Å². The van der Waals surface area contributed by atoms with Crippen molar-refractivity contribution in [1.82, 2.24) is 0 Å². The summed E-state index contributed by atoms with van der Waals surface area (Å²) in [5, 5.41) is 0. The lowest BCUT2D eigenvalue weighted by Crippen LogP contribution is -2.30. The van der Waals surface area contributed by atoms with E-state index in [4.69, 9.17) is 17.3 Å². The first kappa shape index (κ1) is 12.9. The minimum absolute atomic E-state index is 0.161. The lowest BCUT2D eigenvalue weighted by atomic mass is 10.2. The Morgan fingerprint density at radius 1 is 1.61 bits per heavy atom. The van der Waals surface area contributed by atoms with Crippen LogP contribution in [0.1, 0.15) is 19.8 Å². The maximum atomic E-state index is 11.8. The van der Waals surface area contributed by atoms with Gasteiger partial charge in [-0.3, -0.25) is 4.79 Å². The number of amides is 1. The van der Waals surface area contributed by atoms with Crippen LogP contribution in [-0.4, -0.2) is 23.7 Å². The normalized spacial score (nSPS) is 20.6. The first-order valence-electron chi connectivity index (χ1n) is 5.93. The van der Waals surface area contributed by atoms with Crippen LogP contribution in [0.4, 0.5) is 11.4 Å². The van der Waals surface area contributed by atoms with E-state index in [0.717, 1.165) is 17.8 Å². The van der Waals surface area contributed by atoms with Crippen LogP contribution in [0.2, 0.25) is 0 Å². The fraction of sp³-hybridized carbons (Fsp3) is 0.385. The highest BCUT2D eigenvalue weighted by molar-refractivity contribution is 6.28. The Hall–Kier alpha value is -1.55. The number of halogens is 1. The second-order valence-electron chi connectivity index (χ2n) is 4.41.